The molecule has 0 aromatic carbocycles. The third-order valence-electron chi connectivity index (χ3n) is 5.19. The number of carbonyl (C=O) groups excluding carboxylic acids is 1. The molecule has 0 saturated heterocycles. The average molecular weight is 396 g/mol. The number of amides is 1. The monoisotopic (exact) mass is 396 g/mol. The molecular weight excluding hydrogens is 372 g/mol. The van der Waals surface area contributed by atoms with Gasteiger partial charge in [-0.15, -0.1) is 0 Å². The smallest absolute Gasteiger partial charge is 0.330 e. The van der Waals surface area contributed by atoms with E-state index in [9.17, 15) is 14.4 Å². The van der Waals surface area contributed by atoms with Crippen molar-refractivity contribution in [3.05, 3.63) is 56.6 Å². The Balaban J connectivity index is 1.71. The van der Waals surface area contributed by atoms with Gasteiger partial charge in [-0.2, -0.15) is 5.10 Å². The SMILES string of the molecule is CCn1cc(CN(C(=O)c2cnc3c(c2)c(=O)[nH]c(=O)n3C2CC2)C(C)C)cn1. The molecule has 1 amide bonds. The van der Waals surface area contributed by atoms with Gasteiger partial charge in [0.25, 0.3) is 11.5 Å². The first-order valence-corrected chi connectivity index (χ1v) is 9.86. The fourth-order valence-electron chi connectivity index (χ4n) is 3.44. The highest BCUT2D eigenvalue weighted by Crippen LogP contribution is 2.34. The fourth-order valence-corrected chi connectivity index (χ4v) is 3.44. The lowest BCUT2D eigenvalue weighted by Crippen LogP contribution is -2.36. The first kappa shape index (κ1) is 19.1. The van der Waals surface area contributed by atoms with Gasteiger partial charge in [-0.25, -0.2) is 9.78 Å². The molecule has 4 rings (SSSR count). The maximum atomic E-state index is 13.2. The highest BCUT2D eigenvalue weighted by molar-refractivity contribution is 5.96. The summed E-state index contributed by atoms with van der Waals surface area (Å²) in [5.74, 6) is -0.220. The summed E-state index contributed by atoms with van der Waals surface area (Å²) in [7, 11) is 0. The van der Waals surface area contributed by atoms with Crippen molar-refractivity contribution in [2.24, 2.45) is 0 Å². The molecule has 1 aliphatic rings. The third kappa shape index (κ3) is 3.59. The zero-order valence-electron chi connectivity index (χ0n) is 16.8. The van der Waals surface area contributed by atoms with Crippen LogP contribution in [0.1, 0.15) is 55.6 Å². The summed E-state index contributed by atoms with van der Waals surface area (Å²) in [5, 5.41) is 4.52. The molecule has 0 unspecified atom stereocenters. The van der Waals surface area contributed by atoms with Crippen molar-refractivity contribution in [2.45, 2.75) is 58.8 Å². The van der Waals surface area contributed by atoms with Crippen LogP contribution in [0.4, 0.5) is 0 Å². The van der Waals surface area contributed by atoms with Crippen molar-refractivity contribution in [1.82, 2.24) is 29.2 Å². The predicted molar refractivity (Wildman–Crippen MR) is 108 cm³/mol. The van der Waals surface area contributed by atoms with Crippen LogP contribution in [0.15, 0.2) is 34.2 Å². The maximum absolute atomic E-state index is 13.2. The number of aromatic amines is 1. The molecule has 0 aliphatic heterocycles. The van der Waals surface area contributed by atoms with E-state index in [1.54, 1.807) is 11.1 Å². The van der Waals surface area contributed by atoms with Crippen LogP contribution in [0.3, 0.4) is 0 Å². The van der Waals surface area contributed by atoms with Crippen LogP contribution >= 0.6 is 0 Å². The number of hydrogen-bond acceptors (Lipinski definition) is 5. The van der Waals surface area contributed by atoms with Crippen LogP contribution in [0, 0.1) is 0 Å². The Bertz CT molecular complexity index is 1180. The Morgan fingerprint density at radius 1 is 1.31 bits per heavy atom. The largest absolute Gasteiger partial charge is 0.332 e. The molecule has 9 nitrogen and oxygen atoms in total. The molecule has 0 atom stereocenters. The normalized spacial score (nSPS) is 13.9. The summed E-state index contributed by atoms with van der Waals surface area (Å²) in [6.45, 7) is 7.05. The maximum Gasteiger partial charge on any atom is 0.330 e. The molecule has 1 saturated carbocycles. The van der Waals surface area contributed by atoms with Gasteiger partial charge in [0.05, 0.1) is 17.1 Å². The van der Waals surface area contributed by atoms with Crippen molar-refractivity contribution in [1.29, 1.82) is 0 Å². The number of pyridine rings is 1. The highest BCUT2D eigenvalue weighted by atomic mass is 16.2. The molecule has 1 N–H and O–H groups in total. The van der Waals surface area contributed by atoms with E-state index in [-0.39, 0.29) is 23.4 Å². The topological polar surface area (TPSA) is 106 Å². The van der Waals surface area contributed by atoms with E-state index in [1.165, 1.54) is 16.8 Å². The van der Waals surface area contributed by atoms with Gasteiger partial charge in [-0.3, -0.25) is 23.8 Å². The Hall–Kier alpha value is -3.23. The van der Waals surface area contributed by atoms with Crippen molar-refractivity contribution in [3.63, 3.8) is 0 Å². The number of nitrogens with zero attached hydrogens (tertiary/aromatic N) is 5. The minimum absolute atomic E-state index is 0.0538. The van der Waals surface area contributed by atoms with Crippen LogP contribution in [0.2, 0.25) is 0 Å². The number of rotatable bonds is 6. The summed E-state index contributed by atoms with van der Waals surface area (Å²) in [4.78, 5) is 46.1. The van der Waals surface area contributed by atoms with Gasteiger partial charge in [0.2, 0.25) is 0 Å². The molecule has 3 aromatic heterocycles. The molecule has 152 valence electrons. The molecule has 3 heterocycles. The van der Waals surface area contributed by atoms with Crippen molar-refractivity contribution >= 4 is 16.9 Å². The van der Waals surface area contributed by atoms with E-state index >= 15 is 0 Å². The van der Waals surface area contributed by atoms with E-state index in [2.05, 4.69) is 15.1 Å². The number of fused-ring (bicyclic) bond motifs is 1. The minimum Gasteiger partial charge on any atom is -0.332 e. The molecule has 1 fully saturated rings. The number of nitrogens with one attached hydrogen (secondary N) is 1. The first-order valence-electron chi connectivity index (χ1n) is 9.86. The van der Waals surface area contributed by atoms with E-state index in [1.807, 2.05) is 31.6 Å². The summed E-state index contributed by atoms with van der Waals surface area (Å²) in [5.41, 5.74) is 0.611. The molecular formula is C20H24N6O3. The summed E-state index contributed by atoms with van der Waals surface area (Å²) in [6, 6.07) is 1.55. The van der Waals surface area contributed by atoms with Crippen LogP contribution < -0.4 is 11.2 Å². The second-order valence-corrected chi connectivity index (χ2v) is 7.69. The van der Waals surface area contributed by atoms with Gasteiger partial charge in [0.15, 0.2) is 0 Å². The van der Waals surface area contributed by atoms with E-state index in [0.29, 0.717) is 17.8 Å². The number of carbonyl (C=O) groups is 1. The summed E-state index contributed by atoms with van der Waals surface area (Å²) in [6.07, 6.45) is 6.89. The molecule has 0 radical (unpaired) electrons. The van der Waals surface area contributed by atoms with Crippen LogP contribution in [0.25, 0.3) is 11.0 Å². The Morgan fingerprint density at radius 2 is 2.07 bits per heavy atom. The molecule has 0 bridgehead atoms. The van der Waals surface area contributed by atoms with Crippen LogP contribution in [-0.4, -0.2) is 41.2 Å². The second kappa shape index (κ2) is 7.31. The third-order valence-corrected chi connectivity index (χ3v) is 5.19. The Labute approximate surface area is 167 Å². The zero-order chi connectivity index (χ0) is 20.7. The molecule has 1 aliphatic carbocycles. The highest BCUT2D eigenvalue weighted by Gasteiger charge is 2.28. The lowest BCUT2D eigenvalue weighted by Gasteiger charge is -2.26. The van der Waals surface area contributed by atoms with Gasteiger partial charge >= 0.3 is 5.69 Å². The number of aromatic nitrogens is 5. The van der Waals surface area contributed by atoms with E-state index in [4.69, 9.17) is 0 Å². The van der Waals surface area contributed by atoms with Crippen molar-refractivity contribution in [3.8, 4) is 0 Å². The van der Waals surface area contributed by atoms with E-state index < -0.39 is 11.2 Å². The lowest BCUT2D eigenvalue weighted by molar-refractivity contribution is 0.0690. The molecule has 29 heavy (non-hydrogen) atoms. The Kier molecular flexibility index (Phi) is 4.81. The van der Waals surface area contributed by atoms with Crippen molar-refractivity contribution in [2.75, 3.05) is 0 Å². The summed E-state index contributed by atoms with van der Waals surface area (Å²) >= 11 is 0. The second-order valence-electron chi connectivity index (χ2n) is 7.69. The zero-order valence-corrected chi connectivity index (χ0v) is 16.8. The van der Waals surface area contributed by atoms with E-state index in [0.717, 1.165) is 24.9 Å². The van der Waals surface area contributed by atoms with Gasteiger partial charge < -0.3 is 4.90 Å². The minimum atomic E-state index is -0.524. The quantitative estimate of drug-likeness (QED) is 0.682. The predicted octanol–water partition coefficient (Wildman–Crippen LogP) is 1.69. The Morgan fingerprint density at radius 3 is 2.69 bits per heavy atom. The first-order chi connectivity index (χ1) is 13.9. The van der Waals surface area contributed by atoms with Crippen molar-refractivity contribution < 1.29 is 4.79 Å². The van der Waals surface area contributed by atoms with Gasteiger partial charge in [0, 0.05) is 43.1 Å². The van der Waals surface area contributed by atoms with Gasteiger partial charge in [-0.1, -0.05) is 0 Å². The molecule has 3 aromatic rings. The molecule has 0 spiro atoms. The number of hydrogen-bond donors (Lipinski definition) is 1. The summed E-state index contributed by atoms with van der Waals surface area (Å²) < 4.78 is 3.33. The standard InChI is InChI=1S/C20H24N6O3/c1-4-24-10-13(8-22-24)11-25(12(2)3)19(28)14-7-16-17(21-9-14)26(15-5-6-15)20(29)23-18(16)27/h7-10,12,15H,4-6,11H2,1-3H3,(H,23,27,29). The molecule has 9 heteroatoms. The number of aryl methyl sites for hydroxylation is 1. The van der Waals surface area contributed by atoms with Gasteiger partial charge in [-0.05, 0) is 39.7 Å². The van der Waals surface area contributed by atoms with Gasteiger partial charge in [0.1, 0.15) is 5.65 Å². The average Bonchev–Trinajstić information content (AvgIpc) is 3.42. The number of H-pyrrole nitrogens is 1. The lowest BCUT2D eigenvalue weighted by atomic mass is 10.1. The fraction of sp³-hybridized carbons (Fsp3) is 0.450. The van der Waals surface area contributed by atoms with Crippen LogP contribution in [-0.2, 0) is 13.1 Å². The van der Waals surface area contributed by atoms with Crippen LogP contribution in [0.5, 0.6) is 0 Å².